The maximum Gasteiger partial charge on any atom is 0.208 e. The van der Waals surface area contributed by atoms with E-state index in [1.807, 2.05) is 18.2 Å². The van der Waals surface area contributed by atoms with Gasteiger partial charge in [-0.15, -0.1) is 0 Å². The van der Waals surface area contributed by atoms with Gasteiger partial charge in [0.1, 0.15) is 5.75 Å². The number of nitrogens with zero attached hydrogens (tertiary/aromatic N) is 2. The molecule has 0 aliphatic carbocycles. The molecule has 2 atom stereocenters. The highest BCUT2D eigenvalue weighted by Crippen LogP contribution is 2.56. The molecule has 0 N–H and O–H groups in total. The maximum absolute atomic E-state index is 7.07. The van der Waals surface area contributed by atoms with Gasteiger partial charge in [0.2, 0.25) is 11.5 Å². The van der Waals surface area contributed by atoms with E-state index in [4.69, 9.17) is 33.2 Å². The van der Waals surface area contributed by atoms with Crippen LogP contribution in [0.15, 0.2) is 54.6 Å². The van der Waals surface area contributed by atoms with Gasteiger partial charge in [0.25, 0.3) is 0 Å². The van der Waals surface area contributed by atoms with Crippen LogP contribution in [0.25, 0.3) is 0 Å². The summed E-state index contributed by atoms with van der Waals surface area (Å²) in [6.07, 6.45) is 3.18. The number of hydrogen-bond acceptors (Lipinski definition) is 9. The molecule has 48 heavy (non-hydrogen) atoms. The molecule has 9 heteroatoms. The highest BCUT2D eigenvalue weighted by molar-refractivity contribution is 5.70. The molecule has 0 saturated heterocycles. The van der Waals surface area contributed by atoms with Crippen molar-refractivity contribution in [1.29, 1.82) is 0 Å². The Morgan fingerprint density at radius 2 is 1.25 bits per heavy atom. The average Bonchev–Trinajstić information content (AvgIpc) is 3.10. The van der Waals surface area contributed by atoms with Crippen LogP contribution in [0.4, 0.5) is 0 Å². The highest BCUT2D eigenvalue weighted by atomic mass is 16.6. The Kier molecular flexibility index (Phi) is 8.74. The van der Waals surface area contributed by atoms with E-state index in [2.05, 4.69) is 60.3 Å². The Bertz CT molecular complexity index is 1820. The zero-order chi connectivity index (χ0) is 33.5. The minimum atomic E-state index is -0.0395. The molecule has 0 unspecified atom stereocenters. The fraction of sp³-hybridized carbons (Fsp3) is 0.385. The van der Waals surface area contributed by atoms with Crippen molar-refractivity contribution in [3.05, 3.63) is 88.0 Å². The highest BCUT2D eigenvalue weighted by Gasteiger charge is 2.37. The minimum Gasteiger partial charge on any atom is -0.493 e. The van der Waals surface area contributed by atoms with Crippen molar-refractivity contribution in [3.63, 3.8) is 0 Å². The van der Waals surface area contributed by atoms with E-state index in [1.165, 1.54) is 11.1 Å². The average molecular weight is 653 g/mol. The number of methoxy groups -OCH3 is 5. The second-order valence-electron chi connectivity index (χ2n) is 12.8. The summed E-state index contributed by atoms with van der Waals surface area (Å²) in [5, 5.41) is 0. The lowest BCUT2D eigenvalue weighted by atomic mass is 9.86. The van der Waals surface area contributed by atoms with Crippen LogP contribution >= 0.6 is 0 Å². The van der Waals surface area contributed by atoms with Gasteiger partial charge in [0.05, 0.1) is 35.5 Å². The van der Waals surface area contributed by atoms with Crippen molar-refractivity contribution in [3.8, 4) is 51.7 Å². The second kappa shape index (κ2) is 13.1. The minimum absolute atomic E-state index is 0.0395. The Hall–Kier alpha value is -4.60. The zero-order valence-electron chi connectivity index (χ0n) is 28.8. The number of ether oxygens (including phenoxy) is 7. The monoisotopic (exact) mass is 652 g/mol. The summed E-state index contributed by atoms with van der Waals surface area (Å²) in [7, 11) is 12.7. The second-order valence-corrected chi connectivity index (χ2v) is 12.8. The van der Waals surface area contributed by atoms with Gasteiger partial charge in [0, 0.05) is 36.3 Å². The smallest absolute Gasteiger partial charge is 0.208 e. The third kappa shape index (κ3) is 5.54. The summed E-state index contributed by atoms with van der Waals surface area (Å²) >= 11 is 0. The van der Waals surface area contributed by atoms with Gasteiger partial charge in [0.15, 0.2) is 34.5 Å². The number of fused-ring (bicyclic) bond motifs is 2. The van der Waals surface area contributed by atoms with Crippen LogP contribution in [-0.4, -0.2) is 72.5 Å². The zero-order valence-corrected chi connectivity index (χ0v) is 28.8. The fourth-order valence-corrected chi connectivity index (χ4v) is 7.58. The Balaban J connectivity index is 1.48. The summed E-state index contributed by atoms with van der Waals surface area (Å²) < 4.78 is 43.3. The lowest BCUT2D eigenvalue weighted by Gasteiger charge is -2.38. The van der Waals surface area contributed by atoms with Crippen LogP contribution in [0, 0.1) is 0 Å². The van der Waals surface area contributed by atoms with Crippen molar-refractivity contribution in [2.24, 2.45) is 0 Å². The van der Waals surface area contributed by atoms with E-state index in [0.717, 1.165) is 66.8 Å². The largest absolute Gasteiger partial charge is 0.493 e. The van der Waals surface area contributed by atoms with Gasteiger partial charge < -0.3 is 33.2 Å². The standard InChI is InChI=1S/C39H44N2O7/c1-40-16-14-25-21-32(43-4)34-22-28(25)29(40)19-24-10-13-31(42-3)33(20-24)47-26-11-8-23(9-12-26)18-30-35-27(15-17-41(30)2)36(44-5)38(45-6)39(46-7)37(35)48-34/h8-13,20-22,29-30H,14-19H2,1-7H3/t29-,30-/m0/s1. The van der Waals surface area contributed by atoms with Gasteiger partial charge in [-0.3, -0.25) is 9.80 Å². The van der Waals surface area contributed by atoms with Crippen molar-refractivity contribution < 1.29 is 33.2 Å². The fourth-order valence-electron chi connectivity index (χ4n) is 7.58. The van der Waals surface area contributed by atoms with Gasteiger partial charge in [-0.1, -0.05) is 18.2 Å². The molecule has 0 aromatic heterocycles. The summed E-state index contributed by atoms with van der Waals surface area (Å²) in [6, 6.07) is 18.9. The van der Waals surface area contributed by atoms with E-state index in [-0.39, 0.29) is 12.1 Å². The van der Waals surface area contributed by atoms with Crippen LogP contribution in [0.1, 0.15) is 45.5 Å². The lowest BCUT2D eigenvalue weighted by Crippen LogP contribution is -2.34. The van der Waals surface area contributed by atoms with Crippen molar-refractivity contribution in [1.82, 2.24) is 9.80 Å². The third-order valence-corrected chi connectivity index (χ3v) is 10.2. The molecule has 4 heterocycles. The first-order valence-corrected chi connectivity index (χ1v) is 16.4. The van der Waals surface area contributed by atoms with Gasteiger partial charge in [-0.05, 0) is 98.4 Å². The molecule has 0 spiro atoms. The first-order valence-electron chi connectivity index (χ1n) is 16.4. The lowest BCUT2D eigenvalue weighted by molar-refractivity contribution is 0.216. The Morgan fingerprint density at radius 1 is 0.604 bits per heavy atom. The molecule has 0 amide bonds. The predicted octanol–water partition coefficient (Wildman–Crippen LogP) is 7.17. The number of benzene rings is 4. The topological polar surface area (TPSA) is 71.1 Å². The summed E-state index contributed by atoms with van der Waals surface area (Å²) in [6.45, 7) is 1.77. The maximum atomic E-state index is 7.07. The van der Waals surface area contributed by atoms with Crippen LogP contribution in [-0.2, 0) is 25.7 Å². The Labute approximate surface area is 282 Å². The van der Waals surface area contributed by atoms with Crippen LogP contribution in [0.5, 0.6) is 51.7 Å². The molecule has 9 nitrogen and oxygen atoms in total. The van der Waals surface area contributed by atoms with E-state index < -0.39 is 0 Å². The third-order valence-electron chi connectivity index (χ3n) is 10.2. The number of hydrogen-bond donors (Lipinski definition) is 0. The first kappa shape index (κ1) is 32.0. The van der Waals surface area contributed by atoms with Crippen molar-refractivity contribution in [2.75, 3.05) is 62.7 Å². The van der Waals surface area contributed by atoms with Crippen molar-refractivity contribution in [2.45, 2.75) is 37.8 Å². The van der Waals surface area contributed by atoms with Crippen LogP contribution < -0.4 is 33.2 Å². The predicted molar refractivity (Wildman–Crippen MR) is 184 cm³/mol. The molecule has 6 bridgehead atoms. The normalized spacial score (nSPS) is 18.8. The molecule has 252 valence electrons. The molecule has 4 aliphatic rings. The van der Waals surface area contributed by atoms with E-state index >= 15 is 0 Å². The molecule has 0 fully saturated rings. The van der Waals surface area contributed by atoms with Gasteiger partial charge in [-0.25, -0.2) is 0 Å². The summed E-state index contributed by atoms with van der Waals surface area (Å²) in [5.41, 5.74) is 6.84. The molecule has 4 aromatic carbocycles. The summed E-state index contributed by atoms with van der Waals surface area (Å²) in [4.78, 5) is 4.78. The summed E-state index contributed by atoms with van der Waals surface area (Å²) in [5.74, 6) is 5.74. The Morgan fingerprint density at radius 3 is 1.96 bits per heavy atom. The molecule has 8 rings (SSSR count). The molecular weight excluding hydrogens is 608 g/mol. The van der Waals surface area contributed by atoms with E-state index in [0.29, 0.717) is 46.0 Å². The van der Waals surface area contributed by atoms with E-state index in [1.54, 1.807) is 35.5 Å². The molecule has 0 radical (unpaired) electrons. The van der Waals surface area contributed by atoms with Gasteiger partial charge >= 0.3 is 0 Å². The number of rotatable bonds is 5. The molecular formula is C39H44N2O7. The SMILES string of the molecule is COc1ccc2cc1Oc1ccc(cc1)C[C@H]1c3c(c(OC)c(OC)c(OC)c3Oc3cc4c(cc3OC)CCN(C)[C@H]4C2)CCN1C. The van der Waals surface area contributed by atoms with Crippen LogP contribution in [0.3, 0.4) is 0 Å². The number of likely N-dealkylation sites (N-methyl/N-ethyl adjacent to an activating group) is 2. The quantitative estimate of drug-likeness (QED) is 0.223. The van der Waals surface area contributed by atoms with Crippen molar-refractivity contribution >= 4 is 0 Å². The van der Waals surface area contributed by atoms with Gasteiger partial charge in [-0.2, -0.15) is 0 Å². The molecule has 4 aliphatic heterocycles. The first-order chi connectivity index (χ1) is 23.4. The van der Waals surface area contributed by atoms with Crippen LogP contribution in [0.2, 0.25) is 0 Å². The van der Waals surface area contributed by atoms with E-state index in [9.17, 15) is 0 Å². The molecule has 0 saturated carbocycles. The molecule has 4 aromatic rings.